The number of carbonyl (C=O) groups is 1. The molecule has 7 nitrogen and oxygen atoms in total. The van der Waals surface area contributed by atoms with Crippen LogP contribution in [0.25, 0.3) is 11.0 Å². The van der Waals surface area contributed by atoms with Crippen molar-refractivity contribution in [2.45, 2.75) is 42.9 Å². The molecule has 0 saturated heterocycles. The van der Waals surface area contributed by atoms with Gasteiger partial charge in [0.25, 0.3) is 0 Å². The van der Waals surface area contributed by atoms with Gasteiger partial charge in [0.15, 0.2) is 5.16 Å². The maximum atomic E-state index is 13.4. The van der Waals surface area contributed by atoms with Crippen LogP contribution in [-0.4, -0.2) is 60.0 Å². The van der Waals surface area contributed by atoms with E-state index in [2.05, 4.69) is 11.9 Å². The zero-order chi connectivity index (χ0) is 24.2. The Morgan fingerprint density at radius 2 is 1.91 bits per heavy atom. The van der Waals surface area contributed by atoms with Crippen molar-refractivity contribution in [3.05, 3.63) is 53.8 Å². The lowest BCUT2D eigenvalue weighted by atomic mass is 10.2. The second kappa shape index (κ2) is 10.7. The predicted octanol–water partition coefficient (Wildman–Crippen LogP) is 3.98. The minimum atomic E-state index is -3.57. The van der Waals surface area contributed by atoms with Gasteiger partial charge in [-0.05, 0) is 42.3 Å². The lowest BCUT2D eigenvalue weighted by Gasteiger charge is -2.17. The third-order valence-electron chi connectivity index (χ3n) is 5.26. The Labute approximate surface area is 198 Å². The van der Waals surface area contributed by atoms with Crippen molar-refractivity contribution in [1.82, 2.24) is 18.8 Å². The molecule has 0 fully saturated rings. The van der Waals surface area contributed by atoms with Crippen LogP contribution in [0, 0.1) is 5.82 Å². The molecule has 0 atom stereocenters. The van der Waals surface area contributed by atoms with E-state index in [9.17, 15) is 17.6 Å². The van der Waals surface area contributed by atoms with Gasteiger partial charge < -0.3 is 9.47 Å². The Bertz CT molecular complexity index is 1240. The van der Waals surface area contributed by atoms with E-state index in [1.54, 1.807) is 42.3 Å². The Morgan fingerprint density at radius 3 is 2.58 bits per heavy atom. The van der Waals surface area contributed by atoms with E-state index in [4.69, 9.17) is 0 Å². The van der Waals surface area contributed by atoms with Crippen LogP contribution in [-0.2, 0) is 27.9 Å². The fourth-order valence-electron chi connectivity index (χ4n) is 3.34. The van der Waals surface area contributed by atoms with E-state index < -0.39 is 10.0 Å². The van der Waals surface area contributed by atoms with Crippen LogP contribution in [0.2, 0.25) is 0 Å². The Hall–Kier alpha value is -2.43. The van der Waals surface area contributed by atoms with Crippen LogP contribution in [0.15, 0.2) is 52.5 Å². The maximum Gasteiger partial charge on any atom is 0.242 e. The summed E-state index contributed by atoms with van der Waals surface area (Å²) in [5, 5.41) is 0.672. The van der Waals surface area contributed by atoms with Crippen molar-refractivity contribution in [3.63, 3.8) is 0 Å². The number of carbonyl (C=O) groups excluding carboxylic acids is 1. The summed E-state index contributed by atoms with van der Waals surface area (Å²) in [6.45, 7) is 3.14. The number of imidazole rings is 1. The molecule has 1 amide bonds. The summed E-state index contributed by atoms with van der Waals surface area (Å²) < 4.78 is 41.7. The summed E-state index contributed by atoms with van der Waals surface area (Å²) in [7, 11) is 1.10. The Balaban J connectivity index is 1.81. The standard InChI is InChI=1S/C23H29FN4O3S2/c1-5-6-12-28-21-11-10-19(33(30,31)26(2)3)14-20(21)25-23(28)32-16-22(29)27(4)15-17-8-7-9-18(24)13-17/h7-11,13-14H,5-6,12,15-16H2,1-4H3. The van der Waals surface area contributed by atoms with Crippen LogP contribution >= 0.6 is 11.8 Å². The maximum absolute atomic E-state index is 13.4. The quantitative estimate of drug-likeness (QED) is 0.400. The number of nitrogens with zero attached hydrogens (tertiary/aromatic N) is 4. The number of hydrogen-bond acceptors (Lipinski definition) is 5. The molecule has 0 N–H and O–H groups in total. The summed E-state index contributed by atoms with van der Waals surface area (Å²) in [5.41, 5.74) is 2.14. The number of aromatic nitrogens is 2. The number of fused-ring (bicyclic) bond motifs is 1. The number of thioether (sulfide) groups is 1. The van der Waals surface area contributed by atoms with Gasteiger partial charge in [-0.2, -0.15) is 0 Å². The van der Waals surface area contributed by atoms with E-state index in [1.165, 1.54) is 42.3 Å². The summed E-state index contributed by atoms with van der Waals surface area (Å²) in [6.07, 6.45) is 1.93. The van der Waals surface area contributed by atoms with Crippen LogP contribution < -0.4 is 0 Å². The van der Waals surface area contributed by atoms with Gasteiger partial charge in [0.2, 0.25) is 15.9 Å². The molecule has 178 valence electrons. The van der Waals surface area contributed by atoms with Crippen molar-refractivity contribution in [2.75, 3.05) is 26.9 Å². The molecule has 1 aromatic heterocycles. The molecule has 0 aliphatic heterocycles. The molecule has 2 aromatic carbocycles. The molecule has 0 bridgehead atoms. The summed E-state index contributed by atoms with van der Waals surface area (Å²) >= 11 is 1.32. The minimum absolute atomic E-state index is 0.103. The highest BCUT2D eigenvalue weighted by Gasteiger charge is 2.20. The lowest BCUT2D eigenvalue weighted by molar-refractivity contribution is -0.127. The number of rotatable bonds is 10. The first-order valence-electron chi connectivity index (χ1n) is 10.7. The highest BCUT2D eigenvalue weighted by atomic mass is 32.2. The van der Waals surface area contributed by atoms with Gasteiger partial charge >= 0.3 is 0 Å². The Morgan fingerprint density at radius 1 is 1.15 bits per heavy atom. The molecule has 0 unspecified atom stereocenters. The molecule has 0 spiro atoms. The minimum Gasteiger partial charge on any atom is -0.341 e. The molecule has 33 heavy (non-hydrogen) atoms. The largest absolute Gasteiger partial charge is 0.341 e. The second-order valence-corrected chi connectivity index (χ2v) is 11.1. The average Bonchev–Trinajstić information content (AvgIpc) is 3.12. The number of aryl methyl sites for hydroxylation is 1. The molecule has 3 aromatic rings. The molecular weight excluding hydrogens is 463 g/mol. The SMILES string of the molecule is CCCCn1c(SCC(=O)N(C)Cc2cccc(F)c2)nc2cc(S(=O)(=O)N(C)C)ccc21. The topological polar surface area (TPSA) is 75.5 Å². The van der Waals surface area contributed by atoms with Crippen LogP contribution in [0.4, 0.5) is 4.39 Å². The fourth-order valence-corrected chi connectivity index (χ4v) is 5.24. The van der Waals surface area contributed by atoms with Gasteiger partial charge in [-0.25, -0.2) is 22.1 Å². The van der Waals surface area contributed by atoms with Crippen molar-refractivity contribution in [1.29, 1.82) is 0 Å². The molecule has 1 heterocycles. The molecule has 0 saturated carbocycles. The van der Waals surface area contributed by atoms with E-state index in [-0.39, 0.29) is 22.4 Å². The van der Waals surface area contributed by atoms with E-state index in [0.29, 0.717) is 17.2 Å². The van der Waals surface area contributed by atoms with Gasteiger partial charge in [-0.1, -0.05) is 37.2 Å². The Kier molecular flexibility index (Phi) is 8.14. The van der Waals surface area contributed by atoms with Gasteiger partial charge in [0.1, 0.15) is 5.82 Å². The molecular formula is C23H29FN4O3S2. The van der Waals surface area contributed by atoms with Gasteiger partial charge in [0.05, 0.1) is 21.7 Å². The zero-order valence-corrected chi connectivity index (χ0v) is 20.9. The van der Waals surface area contributed by atoms with Gasteiger partial charge in [-0.3, -0.25) is 4.79 Å². The molecule has 0 aliphatic carbocycles. The van der Waals surface area contributed by atoms with E-state index in [1.807, 2.05) is 4.57 Å². The molecule has 0 aliphatic rings. The highest BCUT2D eigenvalue weighted by molar-refractivity contribution is 7.99. The van der Waals surface area contributed by atoms with E-state index >= 15 is 0 Å². The number of benzene rings is 2. The third kappa shape index (κ3) is 5.93. The summed E-state index contributed by atoms with van der Waals surface area (Å²) in [6, 6.07) is 11.1. The van der Waals surface area contributed by atoms with Crippen molar-refractivity contribution in [3.8, 4) is 0 Å². The number of halogens is 1. The van der Waals surface area contributed by atoms with Crippen LogP contribution in [0.3, 0.4) is 0 Å². The first-order valence-corrected chi connectivity index (χ1v) is 13.1. The van der Waals surface area contributed by atoms with Crippen molar-refractivity contribution in [2.24, 2.45) is 0 Å². The van der Waals surface area contributed by atoms with Gasteiger partial charge in [-0.15, -0.1) is 0 Å². The number of sulfonamides is 1. The van der Waals surface area contributed by atoms with Crippen LogP contribution in [0.5, 0.6) is 0 Å². The normalized spacial score (nSPS) is 11.9. The molecule has 10 heteroatoms. The second-order valence-electron chi connectivity index (χ2n) is 8.01. The number of hydrogen-bond donors (Lipinski definition) is 0. The monoisotopic (exact) mass is 492 g/mol. The lowest BCUT2D eigenvalue weighted by Crippen LogP contribution is -2.28. The van der Waals surface area contributed by atoms with Crippen molar-refractivity contribution >= 4 is 38.7 Å². The summed E-state index contributed by atoms with van der Waals surface area (Å²) in [4.78, 5) is 19.1. The van der Waals surface area contributed by atoms with E-state index in [0.717, 1.165) is 30.5 Å². The predicted molar refractivity (Wildman–Crippen MR) is 129 cm³/mol. The number of unbranched alkanes of at least 4 members (excludes halogenated alkanes) is 1. The van der Waals surface area contributed by atoms with Crippen molar-refractivity contribution < 1.29 is 17.6 Å². The zero-order valence-electron chi connectivity index (χ0n) is 19.3. The average molecular weight is 493 g/mol. The first kappa shape index (κ1) is 25.2. The molecule has 0 radical (unpaired) electrons. The van der Waals surface area contributed by atoms with Gasteiger partial charge in [0, 0.05) is 34.2 Å². The van der Waals surface area contributed by atoms with Crippen LogP contribution in [0.1, 0.15) is 25.3 Å². The summed E-state index contributed by atoms with van der Waals surface area (Å²) in [5.74, 6) is -0.262. The first-order chi connectivity index (χ1) is 15.6. The highest BCUT2D eigenvalue weighted by Crippen LogP contribution is 2.27. The molecule has 3 rings (SSSR count). The third-order valence-corrected chi connectivity index (χ3v) is 8.03. The number of amides is 1. The smallest absolute Gasteiger partial charge is 0.242 e. The fraction of sp³-hybridized carbons (Fsp3) is 0.391.